The maximum atomic E-state index is 11.0. The van der Waals surface area contributed by atoms with Crippen LogP contribution in [0.3, 0.4) is 0 Å². The van der Waals surface area contributed by atoms with E-state index in [-0.39, 0.29) is 6.61 Å². The van der Waals surface area contributed by atoms with Gasteiger partial charge in [0.15, 0.2) is 5.78 Å². The minimum absolute atomic E-state index is 0.114. The molecule has 0 radical (unpaired) electrons. The molecule has 16 heavy (non-hydrogen) atoms. The van der Waals surface area contributed by atoms with Gasteiger partial charge in [-0.1, -0.05) is 0 Å². The zero-order chi connectivity index (χ0) is 11.8. The minimum Gasteiger partial charge on any atom is -0.481 e. The first-order valence-electron chi connectivity index (χ1n) is 5.30. The molecule has 0 aromatic rings. The molecule has 6 heteroatoms. The number of hydrogen-bond donors (Lipinski definition) is 1. The van der Waals surface area contributed by atoms with Crippen LogP contribution in [0.1, 0.15) is 6.42 Å². The Morgan fingerprint density at radius 2 is 2.00 bits per heavy atom. The van der Waals surface area contributed by atoms with Crippen molar-refractivity contribution in [3.63, 3.8) is 0 Å². The Hall–Kier alpha value is -0.980. The first-order chi connectivity index (χ1) is 7.68. The van der Waals surface area contributed by atoms with E-state index >= 15 is 0 Å². The highest BCUT2D eigenvalue weighted by molar-refractivity contribution is 5.95. The number of carbonyl (C=O) groups is 2. The van der Waals surface area contributed by atoms with Crippen molar-refractivity contribution in [3.05, 3.63) is 0 Å². The normalized spacial score (nSPS) is 17.2. The van der Waals surface area contributed by atoms with Crippen LogP contribution in [0.4, 0.5) is 0 Å². The molecule has 1 fully saturated rings. The molecule has 0 bridgehead atoms. The molecule has 6 nitrogen and oxygen atoms in total. The number of ether oxygens (including phenoxy) is 2. The maximum Gasteiger partial charge on any atom is 0.310 e. The van der Waals surface area contributed by atoms with Crippen molar-refractivity contribution in [1.29, 1.82) is 0 Å². The monoisotopic (exact) mass is 231 g/mol. The summed E-state index contributed by atoms with van der Waals surface area (Å²) in [5, 5.41) is 8.35. The Morgan fingerprint density at radius 3 is 2.62 bits per heavy atom. The Labute approximate surface area is 94.1 Å². The van der Waals surface area contributed by atoms with Gasteiger partial charge in [-0.2, -0.15) is 0 Å². The molecule has 0 aromatic heterocycles. The van der Waals surface area contributed by atoms with Crippen molar-refractivity contribution in [1.82, 2.24) is 4.90 Å². The molecule has 1 aliphatic heterocycles. The zero-order valence-corrected chi connectivity index (χ0v) is 9.18. The quantitative estimate of drug-likeness (QED) is 0.465. The van der Waals surface area contributed by atoms with Gasteiger partial charge in [0.1, 0.15) is 13.0 Å². The third kappa shape index (κ3) is 5.79. The standard InChI is InChI=1S/C10H17NO5/c12-9(7-10(13)14)8-16-6-3-11-1-4-15-5-2-11/h1-8H2,(H,13,14). The Kier molecular flexibility index (Phi) is 5.99. The molecular weight excluding hydrogens is 214 g/mol. The molecular formula is C10H17NO5. The number of ketones is 1. The van der Waals surface area contributed by atoms with Gasteiger partial charge in [0.2, 0.25) is 0 Å². The van der Waals surface area contributed by atoms with Crippen molar-refractivity contribution in [2.75, 3.05) is 46.1 Å². The summed E-state index contributed by atoms with van der Waals surface area (Å²) in [6, 6.07) is 0. The fourth-order valence-electron chi connectivity index (χ4n) is 1.42. The van der Waals surface area contributed by atoms with E-state index in [4.69, 9.17) is 14.6 Å². The van der Waals surface area contributed by atoms with Crippen LogP contribution in [0.5, 0.6) is 0 Å². The van der Waals surface area contributed by atoms with Crippen LogP contribution in [0.25, 0.3) is 0 Å². The number of morpholine rings is 1. The lowest BCUT2D eigenvalue weighted by Crippen LogP contribution is -2.38. The molecule has 1 saturated heterocycles. The number of carboxylic acids is 1. The molecule has 0 aromatic carbocycles. The molecule has 1 aliphatic rings. The van der Waals surface area contributed by atoms with Gasteiger partial charge in [0.05, 0.1) is 19.8 Å². The summed E-state index contributed by atoms with van der Waals surface area (Å²) in [6.45, 7) is 4.32. The Bertz CT molecular complexity index is 237. The first-order valence-corrected chi connectivity index (χ1v) is 5.30. The Morgan fingerprint density at radius 1 is 1.31 bits per heavy atom. The summed E-state index contributed by atoms with van der Waals surface area (Å²) >= 11 is 0. The van der Waals surface area contributed by atoms with Crippen LogP contribution in [-0.4, -0.2) is 67.8 Å². The lowest BCUT2D eigenvalue weighted by atomic mass is 10.3. The zero-order valence-electron chi connectivity index (χ0n) is 9.18. The highest BCUT2D eigenvalue weighted by Crippen LogP contribution is 1.96. The summed E-state index contributed by atoms with van der Waals surface area (Å²) in [7, 11) is 0. The highest BCUT2D eigenvalue weighted by Gasteiger charge is 2.11. The van der Waals surface area contributed by atoms with Crippen molar-refractivity contribution < 1.29 is 24.2 Å². The lowest BCUT2D eigenvalue weighted by Gasteiger charge is -2.26. The second-order valence-electron chi connectivity index (χ2n) is 3.62. The van der Waals surface area contributed by atoms with E-state index in [9.17, 15) is 9.59 Å². The van der Waals surface area contributed by atoms with E-state index in [1.165, 1.54) is 0 Å². The number of aliphatic carboxylic acids is 1. The van der Waals surface area contributed by atoms with Gasteiger partial charge in [-0.25, -0.2) is 0 Å². The van der Waals surface area contributed by atoms with E-state index in [1.54, 1.807) is 0 Å². The smallest absolute Gasteiger partial charge is 0.310 e. The summed E-state index contributed by atoms with van der Waals surface area (Å²) in [6.07, 6.45) is -0.461. The molecule has 1 rings (SSSR count). The number of carbonyl (C=O) groups excluding carboxylic acids is 1. The molecule has 1 N–H and O–H groups in total. The van der Waals surface area contributed by atoms with E-state index in [0.717, 1.165) is 32.8 Å². The van der Waals surface area contributed by atoms with Crippen LogP contribution < -0.4 is 0 Å². The fourth-order valence-corrected chi connectivity index (χ4v) is 1.42. The van der Waals surface area contributed by atoms with Crippen molar-refractivity contribution in [2.45, 2.75) is 6.42 Å². The summed E-state index contributed by atoms with van der Waals surface area (Å²) in [5.41, 5.74) is 0. The van der Waals surface area contributed by atoms with Crippen LogP contribution >= 0.6 is 0 Å². The summed E-state index contributed by atoms with van der Waals surface area (Å²) in [5.74, 6) is -1.50. The number of nitrogens with zero attached hydrogens (tertiary/aromatic N) is 1. The van der Waals surface area contributed by atoms with Crippen molar-refractivity contribution in [3.8, 4) is 0 Å². The van der Waals surface area contributed by atoms with E-state index in [2.05, 4.69) is 4.90 Å². The van der Waals surface area contributed by atoms with Crippen molar-refractivity contribution in [2.24, 2.45) is 0 Å². The van der Waals surface area contributed by atoms with Crippen LogP contribution in [0.2, 0.25) is 0 Å². The average molecular weight is 231 g/mol. The van der Waals surface area contributed by atoms with Gasteiger partial charge < -0.3 is 14.6 Å². The number of rotatable bonds is 7. The van der Waals surface area contributed by atoms with Gasteiger partial charge in [0, 0.05) is 19.6 Å². The van der Waals surface area contributed by atoms with Gasteiger partial charge in [-0.15, -0.1) is 0 Å². The number of Topliss-reactive ketones (excluding diaryl/α,β-unsaturated/α-hetero) is 1. The minimum atomic E-state index is -1.11. The van der Waals surface area contributed by atoms with E-state index in [0.29, 0.717) is 6.61 Å². The lowest BCUT2D eigenvalue weighted by molar-refractivity contribution is -0.141. The molecule has 0 amide bonds. The number of hydrogen-bond acceptors (Lipinski definition) is 5. The van der Waals surface area contributed by atoms with Gasteiger partial charge in [0.25, 0.3) is 0 Å². The first kappa shape index (κ1) is 13.1. The summed E-state index contributed by atoms with van der Waals surface area (Å²) < 4.78 is 10.3. The fraction of sp³-hybridized carbons (Fsp3) is 0.800. The Balaban J connectivity index is 1.98. The predicted molar refractivity (Wildman–Crippen MR) is 55.3 cm³/mol. The molecule has 0 aliphatic carbocycles. The molecule has 0 unspecified atom stereocenters. The van der Waals surface area contributed by atoms with Gasteiger partial charge in [-0.3, -0.25) is 14.5 Å². The average Bonchev–Trinajstić information content (AvgIpc) is 2.25. The van der Waals surface area contributed by atoms with E-state index in [1.807, 2.05) is 0 Å². The molecule has 1 heterocycles. The van der Waals surface area contributed by atoms with Crippen LogP contribution in [0.15, 0.2) is 0 Å². The van der Waals surface area contributed by atoms with E-state index < -0.39 is 18.2 Å². The molecule has 92 valence electrons. The largest absolute Gasteiger partial charge is 0.481 e. The SMILES string of the molecule is O=C(O)CC(=O)COCCN1CCOCC1. The second kappa shape index (κ2) is 7.32. The maximum absolute atomic E-state index is 11.0. The van der Waals surface area contributed by atoms with Crippen LogP contribution in [0, 0.1) is 0 Å². The molecule has 0 saturated carbocycles. The third-order valence-electron chi connectivity index (χ3n) is 2.27. The number of carboxylic acid groups (broad SMARTS) is 1. The topological polar surface area (TPSA) is 76.1 Å². The highest BCUT2D eigenvalue weighted by atomic mass is 16.5. The van der Waals surface area contributed by atoms with Crippen molar-refractivity contribution >= 4 is 11.8 Å². The third-order valence-corrected chi connectivity index (χ3v) is 2.27. The molecule has 0 spiro atoms. The predicted octanol–water partition coefficient (Wildman–Crippen LogP) is -0.621. The second-order valence-corrected chi connectivity index (χ2v) is 3.62. The van der Waals surface area contributed by atoms with Gasteiger partial charge in [-0.05, 0) is 0 Å². The van der Waals surface area contributed by atoms with Crippen LogP contribution in [-0.2, 0) is 19.1 Å². The van der Waals surface area contributed by atoms with Gasteiger partial charge >= 0.3 is 5.97 Å². The summed E-state index contributed by atoms with van der Waals surface area (Å²) in [4.78, 5) is 23.3. The molecule has 0 atom stereocenters.